The monoisotopic (exact) mass is 235 g/mol. The molecule has 0 aromatic heterocycles. The van der Waals surface area contributed by atoms with Crippen molar-refractivity contribution in [3.05, 3.63) is 35.9 Å². The Hall–Kier alpha value is -1.35. The van der Waals surface area contributed by atoms with E-state index >= 15 is 0 Å². The molecule has 0 spiro atoms. The number of aliphatic carboxylic acids is 1. The summed E-state index contributed by atoms with van der Waals surface area (Å²) in [5, 5.41) is 9.26. The maximum Gasteiger partial charge on any atom is 0.321 e. The zero-order valence-corrected chi connectivity index (χ0v) is 10.6. The van der Waals surface area contributed by atoms with Crippen LogP contribution in [0.15, 0.2) is 30.3 Å². The van der Waals surface area contributed by atoms with Crippen molar-refractivity contribution in [2.45, 2.75) is 32.2 Å². The van der Waals surface area contributed by atoms with Crippen LogP contribution in [0.25, 0.3) is 0 Å². The zero-order chi connectivity index (χ0) is 12.7. The van der Waals surface area contributed by atoms with Gasteiger partial charge in [-0.25, -0.2) is 0 Å². The first-order valence-electron chi connectivity index (χ1n) is 6.12. The van der Waals surface area contributed by atoms with Gasteiger partial charge < -0.3 is 5.11 Å². The average Bonchev–Trinajstić information content (AvgIpc) is 2.34. The van der Waals surface area contributed by atoms with Crippen LogP contribution in [0.3, 0.4) is 0 Å². The summed E-state index contributed by atoms with van der Waals surface area (Å²) in [6, 6.07) is 9.36. The van der Waals surface area contributed by atoms with Crippen molar-refractivity contribution in [1.82, 2.24) is 4.90 Å². The van der Waals surface area contributed by atoms with Crippen LogP contribution in [0.2, 0.25) is 0 Å². The lowest BCUT2D eigenvalue weighted by molar-refractivity contribution is -0.142. The summed E-state index contributed by atoms with van der Waals surface area (Å²) in [4.78, 5) is 13.2. The molecule has 0 fully saturated rings. The molecule has 0 saturated carbocycles. The number of carboxylic acids is 1. The standard InChI is InChI=1S/C14H21NO2/c1-3-4-10-15(2)13(14(16)17)11-12-8-6-5-7-9-12/h5-9,13H,3-4,10-11H2,1-2H3,(H,16,17). The molecule has 0 saturated heterocycles. The predicted octanol–water partition coefficient (Wildman–Crippen LogP) is 2.41. The van der Waals surface area contributed by atoms with Crippen LogP contribution in [-0.4, -0.2) is 35.6 Å². The molecule has 1 N–H and O–H groups in total. The van der Waals surface area contributed by atoms with E-state index in [0.29, 0.717) is 6.42 Å². The second-order valence-electron chi connectivity index (χ2n) is 4.38. The average molecular weight is 235 g/mol. The van der Waals surface area contributed by atoms with Crippen LogP contribution in [0, 0.1) is 0 Å². The maximum absolute atomic E-state index is 11.3. The number of nitrogens with zero attached hydrogens (tertiary/aromatic N) is 1. The second kappa shape index (κ2) is 7.07. The first-order chi connectivity index (χ1) is 8.15. The number of rotatable bonds is 7. The smallest absolute Gasteiger partial charge is 0.321 e. The summed E-state index contributed by atoms with van der Waals surface area (Å²) in [7, 11) is 1.89. The summed E-state index contributed by atoms with van der Waals surface area (Å²) in [6.07, 6.45) is 2.69. The zero-order valence-electron chi connectivity index (χ0n) is 10.6. The molecule has 1 unspecified atom stereocenters. The number of benzene rings is 1. The van der Waals surface area contributed by atoms with Crippen LogP contribution in [0.5, 0.6) is 0 Å². The fourth-order valence-corrected chi connectivity index (χ4v) is 1.83. The number of unbranched alkanes of at least 4 members (excludes halogenated alkanes) is 1. The Balaban J connectivity index is 2.63. The van der Waals surface area contributed by atoms with Crippen molar-refractivity contribution >= 4 is 5.97 Å². The van der Waals surface area contributed by atoms with Gasteiger partial charge in [-0.1, -0.05) is 43.7 Å². The molecule has 0 aliphatic rings. The highest BCUT2D eigenvalue weighted by Crippen LogP contribution is 2.09. The minimum absolute atomic E-state index is 0.427. The highest BCUT2D eigenvalue weighted by molar-refractivity contribution is 5.73. The fraction of sp³-hybridized carbons (Fsp3) is 0.500. The lowest BCUT2D eigenvalue weighted by Crippen LogP contribution is -2.40. The predicted molar refractivity (Wildman–Crippen MR) is 69.1 cm³/mol. The van der Waals surface area contributed by atoms with Crippen LogP contribution < -0.4 is 0 Å². The Kier molecular flexibility index (Phi) is 5.70. The molecule has 0 heterocycles. The van der Waals surface area contributed by atoms with Crippen molar-refractivity contribution in [2.75, 3.05) is 13.6 Å². The lowest BCUT2D eigenvalue weighted by atomic mass is 10.0. The van der Waals surface area contributed by atoms with Gasteiger partial charge in [0.1, 0.15) is 6.04 Å². The summed E-state index contributed by atoms with van der Waals surface area (Å²) in [5.41, 5.74) is 1.07. The van der Waals surface area contributed by atoms with Crippen LogP contribution in [-0.2, 0) is 11.2 Å². The van der Waals surface area contributed by atoms with Crippen molar-refractivity contribution in [3.8, 4) is 0 Å². The number of hydrogen-bond acceptors (Lipinski definition) is 2. The Morgan fingerprint density at radius 3 is 2.53 bits per heavy atom. The van der Waals surface area contributed by atoms with E-state index in [1.165, 1.54) is 0 Å². The van der Waals surface area contributed by atoms with E-state index in [-0.39, 0.29) is 0 Å². The molecule has 0 amide bonds. The van der Waals surface area contributed by atoms with Crippen molar-refractivity contribution in [2.24, 2.45) is 0 Å². The highest BCUT2D eigenvalue weighted by Gasteiger charge is 2.22. The van der Waals surface area contributed by atoms with E-state index in [0.717, 1.165) is 24.9 Å². The van der Waals surface area contributed by atoms with Gasteiger partial charge in [0, 0.05) is 0 Å². The molecule has 3 heteroatoms. The number of carboxylic acid groups (broad SMARTS) is 1. The van der Waals surface area contributed by atoms with E-state index in [2.05, 4.69) is 6.92 Å². The van der Waals surface area contributed by atoms with Crippen LogP contribution in [0.1, 0.15) is 25.3 Å². The van der Waals surface area contributed by atoms with Gasteiger partial charge >= 0.3 is 5.97 Å². The van der Waals surface area contributed by atoms with Gasteiger partial charge in [0.25, 0.3) is 0 Å². The van der Waals surface area contributed by atoms with Crippen molar-refractivity contribution in [3.63, 3.8) is 0 Å². The molecule has 0 bridgehead atoms. The summed E-state index contributed by atoms with van der Waals surface area (Å²) >= 11 is 0. The van der Waals surface area contributed by atoms with Gasteiger partial charge in [-0.05, 0) is 32.0 Å². The topological polar surface area (TPSA) is 40.5 Å². The summed E-state index contributed by atoms with van der Waals surface area (Å²) < 4.78 is 0. The van der Waals surface area contributed by atoms with Gasteiger partial charge in [-0.3, -0.25) is 9.69 Å². The van der Waals surface area contributed by atoms with Crippen LogP contribution >= 0.6 is 0 Å². The SMILES string of the molecule is CCCCN(C)C(Cc1ccccc1)C(=O)O. The van der Waals surface area contributed by atoms with E-state index in [1.807, 2.05) is 42.3 Å². The Morgan fingerprint density at radius 1 is 1.35 bits per heavy atom. The van der Waals surface area contributed by atoms with Crippen LogP contribution in [0.4, 0.5) is 0 Å². The maximum atomic E-state index is 11.3. The minimum Gasteiger partial charge on any atom is -0.480 e. The quantitative estimate of drug-likeness (QED) is 0.789. The van der Waals surface area contributed by atoms with Crippen molar-refractivity contribution in [1.29, 1.82) is 0 Å². The molecular formula is C14H21NO2. The first kappa shape index (κ1) is 13.7. The third-order valence-electron chi connectivity index (χ3n) is 2.95. The number of hydrogen-bond donors (Lipinski definition) is 1. The number of likely N-dealkylation sites (N-methyl/N-ethyl adjacent to an activating group) is 1. The lowest BCUT2D eigenvalue weighted by Gasteiger charge is -2.24. The van der Waals surface area contributed by atoms with E-state index < -0.39 is 12.0 Å². The fourth-order valence-electron chi connectivity index (χ4n) is 1.83. The van der Waals surface area contributed by atoms with Gasteiger partial charge in [-0.15, -0.1) is 0 Å². The largest absolute Gasteiger partial charge is 0.480 e. The third kappa shape index (κ3) is 4.57. The second-order valence-corrected chi connectivity index (χ2v) is 4.38. The molecule has 1 aromatic rings. The van der Waals surface area contributed by atoms with Gasteiger partial charge in [-0.2, -0.15) is 0 Å². The van der Waals surface area contributed by atoms with Gasteiger partial charge in [0.2, 0.25) is 0 Å². The number of carbonyl (C=O) groups is 1. The van der Waals surface area contributed by atoms with E-state index in [1.54, 1.807) is 0 Å². The molecule has 94 valence electrons. The molecule has 1 rings (SSSR count). The molecule has 0 aliphatic heterocycles. The molecule has 17 heavy (non-hydrogen) atoms. The highest BCUT2D eigenvalue weighted by atomic mass is 16.4. The molecular weight excluding hydrogens is 214 g/mol. The molecule has 3 nitrogen and oxygen atoms in total. The Morgan fingerprint density at radius 2 is 2.00 bits per heavy atom. The van der Waals surface area contributed by atoms with Gasteiger partial charge in [0.15, 0.2) is 0 Å². The molecule has 0 aliphatic carbocycles. The Bertz CT molecular complexity index is 337. The van der Waals surface area contributed by atoms with E-state index in [4.69, 9.17) is 0 Å². The molecule has 1 atom stereocenters. The normalized spacial score (nSPS) is 12.6. The van der Waals surface area contributed by atoms with Crippen molar-refractivity contribution < 1.29 is 9.90 Å². The molecule has 0 radical (unpaired) electrons. The summed E-state index contributed by atoms with van der Waals surface area (Å²) in [5.74, 6) is -0.743. The first-order valence-corrected chi connectivity index (χ1v) is 6.12. The Labute approximate surface area is 103 Å². The minimum atomic E-state index is -0.743. The third-order valence-corrected chi connectivity index (χ3v) is 2.95. The molecule has 1 aromatic carbocycles. The van der Waals surface area contributed by atoms with Gasteiger partial charge in [0.05, 0.1) is 0 Å². The summed E-state index contributed by atoms with van der Waals surface area (Å²) in [6.45, 7) is 2.95. The van der Waals surface area contributed by atoms with E-state index in [9.17, 15) is 9.90 Å².